The van der Waals surface area contributed by atoms with Crippen LogP contribution in [0.1, 0.15) is 62.7 Å². The standard InChI is InChI=1S/C25H28N/c1-15(2)23-13-25(26(6)14-17(23)4)20-9-10-22-21-8-7-16(3)11-19(21)12-24(22)18(20)5/h7-11,13-15H,12H2,1-6H3/q+1/i3D3,4D3,15D. The highest BCUT2D eigenvalue weighted by molar-refractivity contribution is 5.82. The second-order valence-corrected chi connectivity index (χ2v) is 7.41. The monoisotopic (exact) mass is 349 g/mol. The molecule has 0 fully saturated rings. The summed E-state index contributed by atoms with van der Waals surface area (Å²) >= 11 is 0. The first-order valence-corrected chi connectivity index (χ1v) is 8.90. The molecule has 26 heavy (non-hydrogen) atoms. The highest BCUT2D eigenvalue weighted by Gasteiger charge is 2.24. The fourth-order valence-corrected chi connectivity index (χ4v) is 4.04. The lowest BCUT2D eigenvalue weighted by Gasteiger charge is -2.14. The molecule has 0 saturated heterocycles. The van der Waals surface area contributed by atoms with Gasteiger partial charge in [0.2, 0.25) is 5.69 Å². The Morgan fingerprint density at radius 2 is 1.81 bits per heavy atom. The third-order valence-corrected chi connectivity index (χ3v) is 5.45. The van der Waals surface area contributed by atoms with Gasteiger partial charge in [-0.15, -0.1) is 0 Å². The topological polar surface area (TPSA) is 3.88 Å². The minimum absolute atomic E-state index is 0.192. The van der Waals surface area contributed by atoms with Gasteiger partial charge in [-0.05, 0) is 72.4 Å². The minimum Gasteiger partial charge on any atom is -0.201 e. The summed E-state index contributed by atoms with van der Waals surface area (Å²) in [5, 5.41) is 0. The number of rotatable bonds is 2. The highest BCUT2D eigenvalue weighted by atomic mass is 14.9. The van der Waals surface area contributed by atoms with E-state index in [2.05, 4.69) is 6.07 Å². The molecule has 0 unspecified atom stereocenters. The maximum Gasteiger partial charge on any atom is 0.212 e. The van der Waals surface area contributed by atoms with Crippen LogP contribution in [0.5, 0.6) is 0 Å². The van der Waals surface area contributed by atoms with Crippen molar-refractivity contribution in [1.29, 1.82) is 0 Å². The Kier molecular flexibility index (Phi) is 2.50. The molecule has 1 aromatic heterocycles. The van der Waals surface area contributed by atoms with Crippen LogP contribution in [-0.2, 0) is 13.5 Å². The molecule has 1 aliphatic rings. The normalized spacial score (nSPS) is 17.8. The van der Waals surface area contributed by atoms with Gasteiger partial charge in [0, 0.05) is 26.8 Å². The molecule has 0 spiro atoms. The fraction of sp³-hybridized carbons (Fsp3) is 0.320. The first kappa shape index (κ1) is 10.7. The van der Waals surface area contributed by atoms with Crippen molar-refractivity contribution in [2.45, 2.75) is 46.8 Å². The summed E-state index contributed by atoms with van der Waals surface area (Å²) in [6.45, 7) is 1.01. The Bertz CT molecular complexity index is 1260. The molecule has 0 atom stereocenters. The first-order chi connectivity index (χ1) is 15.1. The van der Waals surface area contributed by atoms with Crippen LogP contribution < -0.4 is 4.57 Å². The van der Waals surface area contributed by atoms with Crippen LogP contribution in [0, 0.1) is 20.6 Å². The van der Waals surface area contributed by atoms with E-state index >= 15 is 0 Å². The molecule has 0 radical (unpaired) electrons. The van der Waals surface area contributed by atoms with Gasteiger partial charge in [0.25, 0.3) is 0 Å². The van der Waals surface area contributed by atoms with Gasteiger partial charge < -0.3 is 0 Å². The summed E-state index contributed by atoms with van der Waals surface area (Å²) in [5.41, 5.74) is 8.24. The van der Waals surface area contributed by atoms with Crippen molar-refractivity contribution in [3.8, 4) is 22.4 Å². The van der Waals surface area contributed by atoms with Crippen molar-refractivity contribution in [3.63, 3.8) is 0 Å². The van der Waals surface area contributed by atoms with E-state index in [-0.39, 0.29) is 5.56 Å². The number of pyridine rings is 1. The molecule has 0 amide bonds. The average molecular weight is 350 g/mol. The van der Waals surface area contributed by atoms with E-state index in [1.165, 1.54) is 0 Å². The lowest BCUT2D eigenvalue weighted by molar-refractivity contribution is -0.660. The summed E-state index contributed by atoms with van der Waals surface area (Å²) in [6, 6.07) is 11.3. The van der Waals surface area contributed by atoms with Crippen LogP contribution in [0.2, 0.25) is 0 Å². The second-order valence-electron chi connectivity index (χ2n) is 7.41. The predicted octanol–water partition coefficient (Wildman–Crippen LogP) is 5.80. The fourth-order valence-electron chi connectivity index (χ4n) is 4.04. The largest absolute Gasteiger partial charge is 0.212 e. The molecule has 2 aromatic carbocycles. The Labute approximate surface area is 167 Å². The molecule has 1 nitrogen and oxygen atoms in total. The highest BCUT2D eigenvalue weighted by Crippen LogP contribution is 2.41. The maximum atomic E-state index is 8.55. The molecule has 132 valence electrons. The average Bonchev–Trinajstić information content (AvgIpc) is 3.05. The van der Waals surface area contributed by atoms with Crippen LogP contribution in [0.4, 0.5) is 0 Å². The first-order valence-electron chi connectivity index (χ1n) is 12.4. The van der Waals surface area contributed by atoms with E-state index in [0.29, 0.717) is 17.5 Å². The summed E-state index contributed by atoms with van der Waals surface area (Å²) in [4.78, 5) is 0. The SMILES string of the molecule is [2H]C([2H])([2H])c1ccc2c(c1)Cc1c-2ccc(-c2cc(C([2H])(C)C)c(C([2H])([2H])[2H])c[n+]2C)c1C. The number of hydrogen-bond donors (Lipinski definition) is 0. The lowest BCUT2D eigenvalue weighted by Crippen LogP contribution is -2.32. The molecule has 1 aliphatic carbocycles. The lowest BCUT2D eigenvalue weighted by atomic mass is 9.92. The summed E-state index contributed by atoms with van der Waals surface area (Å²) in [5.74, 6) is -1.07. The summed E-state index contributed by atoms with van der Waals surface area (Å²) in [6.07, 6.45) is 2.28. The number of benzene rings is 2. The Hall–Kier alpha value is -2.41. The maximum absolute atomic E-state index is 8.55. The summed E-state index contributed by atoms with van der Waals surface area (Å²) < 4.78 is 57.3. The number of aryl methyl sites for hydroxylation is 3. The van der Waals surface area contributed by atoms with Gasteiger partial charge in [-0.2, -0.15) is 0 Å². The minimum atomic E-state index is -2.31. The zero-order valence-electron chi connectivity index (χ0n) is 22.7. The molecule has 0 saturated carbocycles. The van der Waals surface area contributed by atoms with E-state index in [1.807, 2.05) is 36.7 Å². The molecule has 0 N–H and O–H groups in total. The van der Waals surface area contributed by atoms with Crippen LogP contribution in [0.25, 0.3) is 22.4 Å². The van der Waals surface area contributed by atoms with E-state index in [9.17, 15) is 0 Å². The van der Waals surface area contributed by atoms with Crippen LogP contribution >= 0.6 is 0 Å². The number of fused-ring (bicyclic) bond motifs is 3. The van der Waals surface area contributed by atoms with E-state index in [0.717, 1.165) is 39.1 Å². The van der Waals surface area contributed by atoms with Crippen LogP contribution in [-0.4, -0.2) is 0 Å². The van der Waals surface area contributed by atoms with E-state index in [4.69, 9.17) is 9.60 Å². The van der Waals surface area contributed by atoms with Crippen molar-refractivity contribution in [2.75, 3.05) is 0 Å². The van der Waals surface area contributed by atoms with Crippen LogP contribution in [0.15, 0.2) is 42.6 Å². The zero-order chi connectivity index (χ0) is 24.5. The van der Waals surface area contributed by atoms with Gasteiger partial charge in [0.1, 0.15) is 7.05 Å². The number of aromatic nitrogens is 1. The predicted molar refractivity (Wildman–Crippen MR) is 110 cm³/mol. The molecule has 0 aliphatic heterocycles. The van der Waals surface area contributed by atoms with Gasteiger partial charge in [0.15, 0.2) is 6.20 Å². The van der Waals surface area contributed by atoms with Crippen molar-refractivity contribution in [3.05, 3.63) is 76.0 Å². The molecular formula is C25H28N+. The van der Waals surface area contributed by atoms with Gasteiger partial charge in [-0.1, -0.05) is 43.7 Å². The molecule has 1 heterocycles. The smallest absolute Gasteiger partial charge is 0.201 e. The molecule has 3 aromatic rings. The Morgan fingerprint density at radius 1 is 1.04 bits per heavy atom. The second kappa shape index (κ2) is 6.09. The molecule has 0 bridgehead atoms. The molecule has 4 rings (SSSR count). The van der Waals surface area contributed by atoms with Crippen molar-refractivity contribution < 1.29 is 14.2 Å². The van der Waals surface area contributed by atoms with E-state index < -0.39 is 19.6 Å². The Balaban J connectivity index is 1.86. The quantitative estimate of drug-likeness (QED) is 0.403. The van der Waals surface area contributed by atoms with Crippen molar-refractivity contribution >= 4 is 0 Å². The number of nitrogens with zero attached hydrogens (tertiary/aromatic N) is 1. The van der Waals surface area contributed by atoms with Gasteiger partial charge in [0.05, 0.1) is 0 Å². The van der Waals surface area contributed by atoms with E-state index in [1.54, 1.807) is 32.2 Å². The van der Waals surface area contributed by atoms with Gasteiger partial charge in [-0.3, -0.25) is 0 Å². The van der Waals surface area contributed by atoms with Crippen molar-refractivity contribution in [1.82, 2.24) is 0 Å². The molecular weight excluding hydrogens is 314 g/mol. The summed E-state index contributed by atoms with van der Waals surface area (Å²) in [7, 11) is 1.83. The third kappa shape index (κ3) is 2.58. The van der Waals surface area contributed by atoms with Gasteiger partial charge in [-0.25, -0.2) is 4.57 Å². The Morgan fingerprint density at radius 3 is 2.54 bits per heavy atom. The van der Waals surface area contributed by atoms with Crippen LogP contribution in [0.3, 0.4) is 0 Å². The van der Waals surface area contributed by atoms with Gasteiger partial charge >= 0.3 is 0 Å². The molecule has 1 heteroatoms. The number of hydrogen-bond acceptors (Lipinski definition) is 0. The third-order valence-electron chi connectivity index (χ3n) is 5.45. The zero-order valence-corrected chi connectivity index (χ0v) is 15.7. The van der Waals surface area contributed by atoms with Crippen molar-refractivity contribution in [2.24, 2.45) is 7.05 Å².